The number of carbonyl (C=O) groups is 3. The lowest BCUT2D eigenvalue weighted by atomic mass is 9.86. The van der Waals surface area contributed by atoms with Crippen molar-refractivity contribution < 1.29 is 14.4 Å². The van der Waals surface area contributed by atoms with E-state index in [-0.39, 0.29) is 30.3 Å². The van der Waals surface area contributed by atoms with Gasteiger partial charge >= 0.3 is 6.03 Å². The van der Waals surface area contributed by atoms with Crippen LogP contribution in [0.25, 0.3) is 0 Å². The molecule has 6 nitrogen and oxygen atoms in total. The van der Waals surface area contributed by atoms with Gasteiger partial charge in [-0.2, -0.15) is 0 Å². The topological polar surface area (TPSA) is 69.7 Å². The Morgan fingerprint density at radius 3 is 2.30 bits per heavy atom. The monoisotopic (exact) mass is 391 g/mol. The Morgan fingerprint density at radius 1 is 1.15 bits per heavy atom. The Balaban J connectivity index is 1.66. The molecule has 0 bridgehead atoms. The van der Waals surface area contributed by atoms with Crippen LogP contribution in [0, 0.1) is 5.92 Å². The number of piperidine rings is 1. The molecule has 3 rings (SSSR count). The fourth-order valence-electron chi connectivity index (χ4n) is 3.94. The minimum Gasteiger partial charge on any atom is -0.342 e. The number of likely N-dealkylation sites (tertiary alicyclic amines) is 1. The second kappa shape index (κ2) is 7.89. The Labute approximate surface area is 164 Å². The number of imide groups is 1. The fraction of sp³-hybridized carbons (Fsp3) is 0.550. The minimum absolute atomic E-state index is 0.0364. The lowest BCUT2D eigenvalue weighted by Crippen LogP contribution is -2.56. The highest BCUT2D eigenvalue weighted by molar-refractivity contribution is 6.30. The summed E-state index contributed by atoms with van der Waals surface area (Å²) in [5.74, 6) is -0.00366. The molecular formula is C20H26ClN3O3. The largest absolute Gasteiger partial charge is 0.342 e. The predicted octanol–water partition coefficient (Wildman–Crippen LogP) is 3.19. The van der Waals surface area contributed by atoms with Gasteiger partial charge in [0.05, 0.1) is 6.54 Å². The van der Waals surface area contributed by atoms with Gasteiger partial charge in [0.15, 0.2) is 0 Å². The predicted molar refractivity (Wildman–Crippen MR) is 103 cm³/mol. The molecular weight excluding hydrogens is 366 g/mol. The quantitative estimate of drug-likeness (QED) is 0.783. The van der Waals surface area contributed by atoms with E-state index in [4.69, 9.17) is 11.6 Å². The molecule has 0 saturated carbocycles. The first-order chi connectivity index (χ1) is 12.9. The molecule has 0 radical (unpaired) electrons. The van der Waals surface area contributed by atoms with Crippen LogP contribution >= 0.6 is 11.6 Å². The normalized spacial score (nSPS) is 19.1. The molecule has 0 aromatic heterocycles. The lowest BCUT2D eigenvalue weighted by molar-refractivity contribution is -0.141. The third-order valence-electron chi connectivity index (χ3n) is 5.76. The molecule has 1 spiro atoms. The SMILES string of the molecule is CCC(CC)C(=O)N1CCC2(CC1)NC(=O)N(Cc1ccc(Cl)cc1)C2=O. The second-order valence-electron chi connectivity index (χ2n) is 7.37. The molecule has 1 aromatic carbocycles. The average molecular weight is 392 g/mol. The number of rotatable bonds is 5. The maximum Gasteiger partial charge on any atom is 0.325 e. The molecule has 0 atom stereocenters. The van der Waals surface area contributed by atoms with Crippen LogP contribution in [0.15, 0.2) is 24.3 Å². The summed E-state index contributed by atoms with van der Waals surface area (Å²) in [6.45, 7) is 5.26. The van der Waals surface area contributed by atoms with Gasteiger partial charge < -0.3 is 10.2 Å². The summed E-state index contributed by atoms with van der Waals surface area (Å²) in [6, 6.07) is 6.74. The second-order valence-corrected chi connectivity index (χ2v) is 7.81. The molecule has 27 heavy (non-hydrogen) atoms. The summed E-state index contributed by atoms with van der Waals surface area (Å²) in [5.41, 5.74) is -0.0323. The first kappa shape index (κ1) is 19.7. The summed E-state index contributed by atoms with van der Waals surface area (Å²) in [6.07, 6.45) is 2.56. The van der Waals surface area contributed by atoms with E-state index in [0.29, 0.717) is 31.0 Å². The number of amides is 4. The Bertz CT molecular complexity index is 722. The van der Waals surface area contributed by atoms with Crippen molar-refractivity contribution in [2.24, 2.45) is 5.92 Å². The van der Waals surface area contributed by atoms with Crippen LogP contribution in [-0.2, 0) is 16.1 Å². The summed E-state index contributed by atoms with van der Waals surface area (Å²) < 4.78 is 0. The molecule has 2 heterocycles. The number of carbonyl (C=O) groups excluding carboxylic acids is 3. The first-order valence-electron chi connectivity index (χ1n) is 9.57. The van der Waals surface area contributed by atoms with E-state index in [0.717, 1.165) is 18.4 Å². The minimum atomic E-state index is -0.881. The van der Waals surface area contributed by atoms with E-state index in [1.54, 1.807) is 12.1 Å². The van der Waals surface area contributed by atoms with Gasteiger partial charge in [-0.05, 0) is 43.4 Å². The zero-order valence-electron chi connectivity index (χ0n) is 15.8. The molecule has 1 N–H and O–H groups in total. The Morgan fingerprint density at radius 2 is 1.74 bits per heavy atom. The van der Waals surface area contributed by atoms with Crippen molar-refractivity contribution in [1.82, 2.24) is 15.1 Å². The molecule has 4 amide bonds. The highest BCUT2D eigenvalue weighted by atomic mass is 35.5. The molecule has 7 heteroatoms. The van der Waals surface area contributed by atoms with Crippen LogP contribution in [-0.4, -0.2) is 46.3 Å². The maximum absolute atomic E-state index is 13.0. The summed E-state index contributed by atoms with van der Waals surface area (Å²) in [4.78, 5) is 41.1. The van der Waals surface area contributed by atoms with Crippen molar-refractivity contribution in [3.8, 4) is 0 Å². The summed E-state index contributed by atoms with van der Waals surface area (Å²) in [7, 11) is 0. The van der Waals surface area contributed by atoms with Gasteiger partial charge in [-0.25, -0.2) is 4.79 Å². The third-order valence-corrected chi connectivity index (χ3v) is 6.02. The summed E-state index contributed by atoms with van der Waals surface area (Å²) in [5, 5.41) is 3.50. The zero-order chi connectivity index (χ0) is 19.6. The van der Waals surface area contributed by atoms with Crippen LogP contribution in [0.3, 0.4) is 0 Å². The van der Waals surface area contributed by atoms with E-state index < -0.39 is 5.54 Å². The highest BCUT2D eigenvalue weighted by Gasteiger charge is 2.52. The third kappa shape index (κ3) is 3.81. The zero-order valence-corrected chi connectivity index (χ0v) is 16.6. The number of hydrogen-bond acceptors (Lipinski definition) is 3. The van der Waals surface area contributed by atoms with Crippen molar-refractivity contribution in [2.45, 2.75) is 51.6 Å². The number of urea groups is 1. The standard InChI is InChI=1S/C20H26ClN3O3/c1-3-15(4-2)17(25)23-11-9-20(10-12-23)18(26)24(19(27)22-20)13-14-5-7-16(21)8-6-14/h5-8,15H,3-4,9-13H2,1-2H3,(H,22,27). The number of benzene rings is 1. The van der Waals surface area contributed by atoms with Crippen LogP contribution in [0.5, 0.6) is 0 Å². The molecule has 2 aliphatic heterocycles. The summed E-state index contributed by atoms with van der Waals surface area (Å²) >= 11 is 5.89. The number of nitrogens with one attached hydrogen (secondary N) is 1. The number of nitrogens with zero attached hydrogens (tertiary/aromatic N) is 2. The van der Waals surface area contributed by atoms with E-state index in [9.17, 15) is 14.4 Å². The number of hydrogen-bond donors (Lipinski definition) is 1. The van der Waals surface area contributed by atoms with Crippen molar-refractivity contribution in [2.75, 3.05) is 13.1 Å². The number of halogens is 1. The van der Waals surface area contributed by atoms with Crippen LogP contribution < -0.4 is 5.32 Å². The van der Waals surface area contributed by atoms with Gasteiger partial charge in [-0.15, -0.1) is 0 Å². The van der Waals surface area contributed by atoms with Crippen molar-refractivity contribution in [1.29, 1.82) is 0 Å². The lowest BCUT2D eigenvalue weighted by Gasteiger charge is -2.38. The van der Waals surface area contributed by atoms with Gasteiger partial charge in [-0.1, -0.05) is 37.6 Å². The van der Waals surface area contributed by atoms with Crippen LogP contribution in [0.4, 0.5) is 4.79 Å². The molecule has 2 fully saturated rings. The van der Waals surface area contributed by atoms with Crippen LogP contribution in [0.2, 0.25) is 5.02 Å². The van der Waals surface area contributed by atoms with Crippen molar-refractivity contribution in [3.63, 3.8) is 0 Å². The van der Waals surface area contributed by atoms with E-state index >= 15 is 0 Å². The maximum atomic E-state index is 13.0. The fourth-order valence-corrected chi connectivity index (χ4v) is 4.06. The molecule has 2 aliphatic rings. The van der Waals surface area contributed by atoms with E-state index in [2.05, 4.69) is 5.32 Å². The molecule has 146 valence electrons. The van der Waals surface area contributed by atoms with Gasteiger partial charge in [0.25, 0.3) is 5.91 Å². The van der Waals surface area contributed by atoms with Gasteiger partial charge in [-0.3, -0.25) is 14.5 Å². The van der Waals surface area contributed by atoms with E-state index in [1.807, 2.05) is 30.9 Å². The van der Waals surface area contributed by atoms with Gasteiger partial charge in [0, 0.05) is 24.0 Å². The Kier molecular flexibility index (Phi) is 5.75. The Hall–Kier alpha value is -2.08. The molecule has 0 unspecified atom stereocenters. The first-order valence-corrected chi connectivity index (χ1v) is 9.95. The van der Waals surface area contributed by atoms with Gasteiger partial charge in [0.1, 0.15) is 5.54 Å². The van der Waals surface area contributed by atoms with E-state index in [1.165, 1.54) is 4.90 Å². The molecule has 2 saturated heterocycles. The van der Waals surface area contributed by atoms with Gasteiger partial charge in [0.2, 0.25) is 5.91 Å². The van der Waals surface area contributed by atoms with Crippen molar-refractivity contribution >= 4 is 29.4 Å². The highest BCUT2D eigenvalue weighted by Crippen LogP contribution is 2.31. The molecule has 1 aromatic rings. The molecule has 0 aliphatic carbocycles. The average Bonchev–Trinajstić information content (AvgIpc) is 2.89. The smallest absolute Gasteiger partial charge is 0.325 e. The van der Waals surface area contributed by atoms with Crippen LogP contribution in [0.1, 0.15) is 45.1 Å². The van der Waals surface area contributed by atoms with Crippen molar-refractivity contribution in [3.05, 3.63) is 34.9 Å².